The second-order valence-electron chi connectivity index (χ2n) is 7.70. The molecule has 0 aromatic rings. The van der Waals surface area contributed by atoms with Gasteiger partial charge in [-0.2, -0.15) is 0 Å². The van der Waals surface area contributed by atoms with Gasteiger partial charge in [-0.25, -0.2) is 9.59 Å². The van der Waals surface area contributed by atoms with Crippen LogP contribution in [0.25, 0.3) is 0 Å². The molecule has 0 saturated carbocycles. The van der Waals surface area contributed by atoms with E-state index in [1.165, 1.54) is 0 Å². The minimum atomic E-state index is -0.789. The molecule has 0 radical (unpaired) electrons. The summed E-state index contributed by atoms with van der Waals surface area (Å²) in [5.74, 6) is 0. The van der Waals surface area contributed by atoms with Gasteiger partial charge in [0.1, 0.15) is 11.3 Å². The summed E-state index contributed by atoms with van der Waals surface area (Å²) in [5, 5.41) is 5.55. The van der Waals surface area contributed by atoms with Gasteiger partial charge in [-0.3, -0.25) is 4.90 Å². The number of urea groups is 1. The van der Waals surface area contributed by atoms with Gasteiger partial charge in [-0.1, -0.05) is 0 Å². The first-order valence-electron chi connectivity index (χ1n) is 8.08. The Labute approximate surface area is 139 Å². The average Bonchev–Trinajstić information content (AvgIpc) is 2.52. The molecule has 0 unspecified atom stereocenters. The normalized spacial score (nSPS) is 23.8. The summed E-state index contributed by atoms with van der Waals surface area (Å²) in [6.45, 7) is 15.1. The summed E-state index contributed by atoms with van der Waals surface area (Å²) < 4.78 is 11.4. The molecule has 1 fully saturated rings. The lowest BCUT2D eigenvalue weighted by Gasteiger charge is -2.35. The number of ether oxygens (including phenoxy) is 2. The van der Waals surface area contributed by atoms with Crippen molar-refractivity contribution in [3.8, 4) is 0 Å². The summed E-state index contributed by atoms with van der Waals surface area (Å²) in [5.41, 5.74) is -1.38. The molecule has 7 heteroatoms. The molecule has 7 nitrogen and oxygen atoms in total. The summed E-state index contributed by atoms with van der Waals surface area (Å²) >= 11 is 0. The van der Waals surface area contributed by atoms with Gasteiger partial charge in [-0.05, 0) is 55.4 Å². The van der Waals surface area contributed by atoms with Crippen LogP contribution in [0.3, 0.4) is 0 Å². The first-order valence-corrected chi connectivity index (χ1v) is 8.08. The number of carbonyl (C=O) groups is 2. The molecule has 134 valence electrons. The maximum absolute atomic E-state index is 12.6. The lowest BCUT2D eigenvalue weighted by Crippen LogP contribution is -2.54. The average molecular weight is 329 g/mol. The second-order valence-corrected chi connectivity index (χ2v) is 7.70. The van der Waals surface area contributed by atoms with Crippen LogP contribution in [0.4, 0.5) is 9.59 Å². The van der Waals surface area contributed by atoms with E-state index in [4.69, 9.17) is 9.47 Å². The van der Waals surface area contributed by atoms with Crippen molar-refractivity contribution in [1.82, 2.24) is 15.5 Å². The van der Waals surface area contributed by atoms with Gasteiger partial charge < -0.3 is 20.1 Å². The van der Waals surface area contributed by atoms with Crippen LogP contribution in [0, 0.1) is 0 Å². The van der Waals surface area contributed by atoms with E-state index in [0.717, 1.165) is 0 Å². The molecule has 0 bridgehead atoms. The maximum Gasteiger partial charge on any atom is 0.412 e. The quantitative estimate of drug-likeness (QED) is 0.833. The van der Waals surface area contributed by atoms with Crippen LogP contribution in [0.2, 0.25) is 0 Å². The molecule has 0 aromatic carbocycles. The Morgan fingerprint density at radius 1 is 1.30 bits per heavy atom. The fourth-order valence-corrected chi connectivity index (χ4v) is 2.63. The third-order valence-corrected chi connectivity index (χ3v) is 3.41. The molecule has 0 spiro atoms. The molecular formula is C16H31N3O4. The molecule has 0 aliphatic carbocycles. The number of carbonyl (C=O) groups excluding carboxylic acids is 2. The largest absolute Gasteiger partial charge is 0.444 e. The predicted octanol–water partition coefficient (Wildman–Crippen LogP) is 2.45. The minimum Gasteiger partial charge on any atom is -0.444 e. The van der Waals surface area contributed by atoms with Gasteiger partial charge >= 0.3 is 12.1 Å². The van der Waals surface area contributed by atoms with E-state index in [1.54, 1.807) is 4.90 Å². The smallest absolute Gasteiger partial charge is 0.412 e. The van der Waals surface area contributed by atoms with Crippen LogP contribution in [0.5, 0.6) is 0 Å². The summed E-state index contributed by atoms with van der Waals surface area (Å²) in [4.78, 5) is 25.9. The summed E-state index contributed by atoms with van der Waals surface area (Å²) in [6, 6.07) is -0.510. The fourth-order valence-electron chi connectivity index (χ4n) is 2.63. The van der Waals surface area contributed by atoms with E-state index in [1.807, 2.05) is 55.4 Å². The Kier molecular flexibility index (Phi) is 5.90. The van der Waals surface area contributed by atoms with E-state index in [9.17, 15) is 9.59 Å². The van der Waals surface area contributed by atoms with E-state index in [2.05, 4.69) is 10.6 Å². The SMILES string of the molecule is CC(C)NC(=O)NC[C@H]1[C@H](C)OC(C)(C)N1C(=O)OC(C)(C)C. The molecule has 1 heterocycles. The van der Waals surface area contributed by atoms with E-state index >= 15 is 0 Å². The third kappa shape index (κ3) is 5.57. The zero-order chi connectivity index (χ0) is 18.0. The standard InChI is InChI=1S/C16H31N3O4/c1-10(2)18-13(20)17-9-12-11(3)22-16(7,8)19(12)14(21)23-15(4,5)6/h10-12H,9H2,1-8H3,(H2,17,18,20)/t11-,12-/m0/s1. The van der Waals surface area contributed by atoms with Crippen molar-refractivity contribution in [1.29, 1.82) is 0 Å². The lowest BCUT2D eigenvalue weighted by molar-refractivity contribution is -0.0756. The van der Waals surface area contributed by atoms with Crippen LogP contribution in [-0.2, 0) is 9.47 Å². The van der Waals surface area contributed by atoms with Gasteiger partial charge in [0.05, 0.1) is 12.1 Å². The van der Waals surface area contributed by atoms with E-state index < -0.39 is 17.4 Å². The number of nitrogens with zero attached hydrogens (tertiary/aromatic N) is 1. The molecule has 2 atom stereocenters. The predicted molar refractivity (Wildman–Crippen MR) is 88.2 cm³/mol. The van der Waals surface area contributed by atoms with Crippen LogP contribution in [0.1, 0.15) is 55.4 Å². The van der Waals surface area contributed by atoms with Crippen molar-refractivity contribution < 1.29 is 19.1 Å². The molecule has 2 N–H and O–H groups in total. The third-order valence-electron chi connectivity index (χ3n) is 3.41. The van der Waals surface area contributed by atoms with Crippen LogP contribution >= 0.6 is 0 Å². The Morgan fingerprint density at radius 3 is 2.35 bits per heavy atom. The van der Waals surface area contributed by atoms with Gasteiger partial charge in [0.2, 0.25) is 0 Å². The van der Waals surface area contributed by atoms with Crippen LogP contribution < -0.4 is 10.6 Å². The van der Waals surface area contributed by atoms with Crippen molar-refractivity contribution in [2.24, 2.45) is 0 Å². The number of hydrogen-bond donors (Lipinski definition) is 2. The van der Waals surface area contributed by atoms with Crippen molar-refractivity contribution in [2.45, 2.75) is 84.9 Å². The van der Waals surface area contributed by atoms with Crippen molar-refractivity contribution in [3.63, 3.8) is 0 Å². The highest BCUT2D eigenvalue weighted by atomic mass is 16.6. The highest BCUT2D eigenvalue weighted by Crippen LogP contribution is 2.33. The highest BCUT2D eigenvalue weighted by molar-refractivity contribution is 5.74. The molecule has 0 aromatic heterocycles. The number of hydrogen-bond acceptors (Lipinski definition) is 4. The van der Waals surface area contributed by atoms with Crippen molar-refractivity contribution >= 4 is 12.1 Å². The Bertz CT molecular complexity index is 443. The Morgan fingerprint density at radius 2 is 1.87 bits per heavy atom. The Hall–Kier alpha value is -1.50. The van der Waals surface area contributed by atoms with Gasteiger partial charge in [0, 0.05) is 12.6 Å². The number of amides is 3. The van der Waals surface area contributed by atoms with Crippen molar-refractivity contribution in [2.75, 3.05) is 6.54 Å². The Balaban J connectivity index is 2.81. The van der Waals surface area contributed by atoms with Crippen LogP contribution in [-0.4, -0.2) is 53.1 Å². The molecule has 1 aliphatic heterocycles. The maximum atomic E-state index is 12.6. The second kappa shape index (κ2) is 6.95. The van der Waals surface area contributed by atoms with Gasteiger partial charge in [0.15, 0.2) is 0 Å². The minimum absolute atomic E-state index is 0.0469. The zero-order valence-electron chi connectivity index (χ0n) is 15.5. The molecule has 1 rings (SSSR count). The molecular weight excluding hydrogens is 298 g/mol. The fraction of sp³-hybridized carbons (Fsp3) is 0.875. The monoisotopic (exact) mass is 329 g/mol. The number of nitrogens with one attached hydrogen (secondary N) is 2. The summed E-state index contributed by atoms with van der Waals surface area (Å²) in [7, 11) is 0. The molecule has 3 amide bonds. The van der Waals surface area contributed by atoms with Crippen LogP contribution in [0.15, 0.2) is 0 Å². The molecule has 23 heavy (non-hydrogen) atoms. The highest BCUT2D eigenvalue weighted by Gasteiger charge is 2.49. The van der Waals surface area contributed by atoms with Gasteiger partial charge in [0.25, 0.3) is 0 Å². The van der Waals surface area contributed by atoms with Crippen molar-refractivity contribution in [3.05, 3.63) is 0 Å². The molecule has 1 aliphatic rings. The lowest BCUT2D eigenvalue weighted by atomic mass is 10.1. The zero-order valence-corrected chi connectivity index (χ0v) is 15.5. The first kappa shape index (κ1) is 19.5. The first-order chi connectivity index (χ1) is 10.3. The van der Waals surface area contributed by atoms with E-state index in [0.29, 0.717) is 6.54 Å². The summed E-state index contributed by atoms with van der Waals surface area (Å²) in [6.07, 6.45) is -0.653. The van der Waals surface area contributed by atoms with Gasteiger partial charge in [-0.15, -0.1) is 0 Å². The molecule has 1 saturated heterocycles. The van der Waals surface area contributed by atoms with E-state index in [-0.39, 0.29) is 24.2 Å². The number of rotatable bonds is 3. The topological polar surface area (TPSA) is 79.9 Å².